The number of para-hydroxylation sites is 1. The lowest BCUT2D eigenvalue weighted by Crippen LogP contribution is -2.02. The van der Waals surface area contributed by atoms with Crippen LogP contribution in [-0.2, 0) is 0 Å². The summed E-state index contributed by atoms with van der Waals surface area (Å²) in [6, 6.07) is 5.54. The SMILES string of the molecule is CCCCCCCCCCCCCCCCCCSCCN.O=C(O)c1ccccc1[O-]. The first-order valence-corrected chi connectivity index (χ1v) is 14.1. The summed E-state index contributed by atoms with van der Waals surface area (Å²) in [5.74, 6) is 0.828. The Morgan fingerprint density at radius 2 is 1.22 bits per heavy atom. The molecule has 1 aromatic rings. The minimum atomic E-state index is -1.18. The highest BCUT2D eigenvalue weighted by Gasteiger charge is 1.99. The van der Waals surface area contributed by atoms with Crippen LogP contribution in [0.2, 0.25) is 0 Å². The molecule has 0 saturated carbocycles. The topological polar surface area (TPSA) is 86.4 Å². The van der Waals surface area contributed by atoms with Gasteiger partial charge in [-0.3, -0.25) is 0 Å². The van der Waals surface area contributed by atoms with E-state index < -0.39 is 11.7 Å². The number of carbonyl (C=O) groups is 1. The second-order valence-corrected chi connectivity index (χ2v) is 9.73. The lowest BCUT2D eigenvalue weighted by atomic mass is 10.0. The number of hydrogen-bond donors (Lipinski definition) is 2. The molecule has 4 nitrogen and oxygen atoms in total. The van der Waals surface area contributed by atoms with E-state index in [1.165, 1.54) is 133 Å². The van der Waals surface area contributed by atoms with Crippen LogP contribution in [0.1, 0.15) is 120 Å². The van der Waals surface area contributed by atoms with E-state index in [4.69, 9.17) is 10.8 Å². The average molecular weight is 467 g/mol. The zero-order valence-corrected chi connectivity index (χ0v) is 21.3. The zero-order valence-electron chi connectivity index (χ0n) is 20.5. The Bertz CT molecular complexity index is 519. The maximum absolute atomic E-state index is 10.7. The third kappa shape index (κ3) is 20.7. The zero-order chi connectivity index (χ0) is 23.7. The molecule has 0 atom stereocenters. The van der Waals surface area contributed by atoms with Gasteiger partial charge in [-0.2, -0.15) is 11.8 Å². The van der Waals surface area contributed by atoms with E-state index in [0.29, 0.717) is 0 Å². The second kappa shape index (κ2) is 24.4. The molecule has 1 rings (SSSR count). The van der Waals surface area contributed by atoms with Gasteiger partial charge in [-0.25, -0.2) is 4.79 Å². The molecule has 0 spiro atoms. The first-order chi connectivity index (χ1) is 15.6. The number of aromatic carboxylic acids is 1. The van der Waals surface area contributed by atoms with Crippen LogP contribution in [0.3, 0.4) is 0 Å². The number of carboxylic acids is 1. The normalized spacial score (nSPS) is 10.6. The summed E-state index contributed by atoms with van der Waals surface area (Å²) >= 11 is 2.01. The van der Waals surface area contributed by atoms with Crippen molar-refractivity contribution < 1.29 is 15.0 Å². The molecular weight excluding hydrogens is 418 g/mol. The van der Waals surface area contributed by atoms with Crippen molar-refractivity contribution in [2.24, 2.45) is 5.73 Å². The van der Waals surface area contributed by atoms with Gasteiger partial charge in [0.2, 0.25) is 0 Å². The van der Waals surface area contributed by atoms with Gasteiger partial charge in [-0.1, -0.05) is 127 Å². The lowest BCUT2D eigenvalue weighted by molar-refractivity contribution is -0.268. The van der Waals surface area contributed by atoms with Crippen LogP contribution in [0.15, 0.2) is 24.3 Å². The molecule has 0 radical (unpaired) electrons. The maximum Gasteiger partial charge on any atom is 0.335 e. The quantitative estimate of drug-likeness (QED) is 0.195. The fourth-order valence-electron chi connectivity index (χ4n) is 3.58. The molecule has 0 amide bonds. The highest BCUT2D eigenvalue weighted by molar-refractivity contribution is 7.99. The van der Waals surface area contributed by atoms with Crippen molar-refractivity contribution in [3.63, 3.8) is 0 Å². The van der Waals surface area contributed by atoms with Gasteiger partial charge in [0, 0.05) is 12.3 Å². The Hall–Kier alpha value is -1.20. The molecule has 1 aromatic carbocycles. The minimum absolute atomic E-state index is 0.178. The van der Waals surface area contributed by atoms with E-state index in [2.05, 4.69) is 6.92 Å². The molecule has 0 fully saturated rings. The number of thioether (sulfide) groups is 1. The molecule has 0 bridgehead atoms. The number of rotatable bonds is 20. The summed E-state index contributed by atoms with van der Waals surface area (Å²) in [5, 5.41) is 19.0. The van der Waals surface area contributed by atoms with Gasteiger partial charge in [0.25, 0.3) is 0 Å². The predicted octanol–water partition coefficient (Wildman–Crippen LogP) is 7.40. The molecule has 5 heteroatoms. The highest BCUT2D eigenvalue weighted by atomic mass is 32.2. The van der Waals surface area contributed by atoms with Crippen molar-refractivity contribution in [3.8, 4) is 5.75 Å². The molecule has 0 aromatic heterocycles. The molecular formula is C27H48NO3S-. The molecule has 0 aliphatic carbocycles. The summed E-state index contributed by atoms with van der Waals surface area (Å²) < 4.78 is 0. The van der Waals surface area contributed by atoms with E-state index in [-0.39, 0.29) is 5.56 Å². The molecule has 0 saturated heterocycles. The predicted molar refractivity (Wildman–Crippen MR) is 139 cm³/mol. The van der Waals surface area contributed by atoms with E-state index >= 15 is 0 Å². The van der Waals surface area contributed by atoms with Crippen LogP contribution >= 0.6 is 11.8 Å². The van der Waals surface area contributed by atoms with Crippen LogP contribution in [0.25, 0.3) is 0 Å². The van der Waals surface area contributed by atoms with Crippen molar-refractivity contribution in [3.05, 3.63) is 29.8 Å². The summed E-state index contributed by atoms with van der Waals surface area (Å²) in [6.45, 7) is 3.13. The fraction of sp³-hybridized carbons (Fsp3) is 0.741. The van der Waals surface area contributed by atoms with E-state index in [1.807, 2.05) is 11.8 Å². The first kappa shape index (κ1) is 30.8. The van der Waals surface area contributed by atoms with Crippen molar-refractivity contribution in [2.75, 3.05) is 18.1 Å². The van der Waals surface area contributed by atoms with Crippen LogP contribution in [-0.4, -0.2) is 29.1 Å². The lowest BCUT2D eigenvalue weighted by Gasteiger charge is -2.07. The number of hydrogen-bond acceptors (Lipinski definition) is 4. The van der Waals surface area contributed by atoms with Gasteiger partial charge in [0.1, 0.15) is 0 Å². The summed E-state index contributed by atoms with van der Waals surface area (Å²) in [7, 11) is 0. The average Bonchev–Trinajstić information content (AvgIpc) is 2.79. The molecule has 0 aliphatic rings. The Morgan fingerprint density at radius 3 is 1.59 bits per heavy atom. The number of carboxylic acid groups (broad SMARTS) is 1. The van der Waals surface area contributed by atoms with Crippen molar-refractivity contribution >= 4 is 17.7 Å². The van der Waals surface area contributed by atoms with Crippen LogP contribution < -0.4 is 10.8 Å². The minimum Gasteiger partial charge on any atom is -0.872 e. The Kier molecular flexibility index (Phi) is 23.5. The van der Waals surface area contributed by atoms with Gasteiger partial charge in [0.15, 0.2) is 0 Å². The van der Waals surface area contributed by atoms with Crippen molar-refractivity contribution in [1.29, 1.82) is 0 Å². The summed E-state index contributed by atoms with van der Waals surface area (Å²) in [4.78, 5) is 10.2. The third-order valence-electron chi connectivity index (χ3n) is 5.52. The monoisotopic (exact) mass is 466 g/mol. The third-order valence-corrected chi connectivity index (χ3v) is 6.62. The van der Waals surface area contributed by atoms with Crippen LogP contribution in [0, 0.1) is 0 Å². The van der Waals surface area contributed by atoms with Gasteiger partial charge < -0.3 is 15.9 Å². The summed E-state index contributed by atoms with van der Waals surface area (Å²) in [6.07, 6.45) is 23.3. The van der Waals surface area contributed by atoms with Crippen LogP contribution in [0.4, 0.5) is 0 Å². The van der Waals surface area contributed by atoms with Crippen LogP contribution in [0.5, 0.6) is 5.75 Å². The number of unbranched alkanes of at least 4 members (excludes halogenated alkanes) is 15. The second-order valence-electron chi connectivity index (χ2n) is 8.51. The first-order valence-electron chi connectivity index (χ1n) is 12.9. The molecule has 0 aliphatic heterocycles. The number of benzene rings is 1. The van der Waals surface area contributed by atoms with Gasteiger partial charge in [-0.15, -0.1) is 0 Å². The van der Waals surface area contributed by atoms with Gasteiger partial charge in [0.05, 0.1) is 5.56 Å². The largest absolute Gasteiger partial charge is 0.872 e. The van der Waals surface area contributed by atoms with Gasteiger partial charge in [-0.05, 0) is 18.2 Å². The molecule has 0 unspecified atom stereocenters. The molecule has 186 valence electrons. The molecule has 3 N–H and O–H groups in total. The van der Waals surface area contributed by atoms with Gasteiger partial charge >= 0.3 is 5.97 Å². The maximum atomic E-state index is 10.7. The smallest absolute Gasteiger partial charge is 0.335 e. The Balaban J connectivity index is 0.000000792. The Morgan fingerprint density at radius 1 is 0.781 bits per heavy atom. The number of nitrogens with two attached hydrogens (primary N) is 1. The van der Waals surface area contributed by atoms with E-state index in [9.17, 15) is 9.90 Å². The van der Waals surface area contributed by atoms with E-state index in [0.717, 1.165) is 12.3 Å². The Labute approximate surface area is 201 Å². The van der Waals surface area contributed by atoms with E-state index in [1.54, 1.807) is 0 Å². The van der Waals surface area contributed by atoms with Crippen molar-refractivity contribution in [1.82, 2.24) is 0 Å². The fourth-order valence-corrected chi connectivity index (χ4v) is 4.36. The standard InChI is InChI=1S/C20H43NS.C7H6O3/c1-2-3-4-5-6-7-8-9-10-11-12-13-14-15-16-17-19-22-20-18-21;8-6-4-2-1-3-5(6)7(9)10/h2-21H2,1H3;1-4,8H,(H,9,10)/p-1. The van der Waals surface area contributed by atoms with Crippen molar-refractivity contribution in [2.45, 2.75) is 110 Å². The molecule has 32 heavy (non-hydrogen) atoms. The highest BCUT2D eigenvalue weighted by Crippen LogP contribution is 2.14. The molecule has 0 heterocycles. The summed E-state index contributed by atoms with van der Waals surface area (Å²) in [5.41, 5.74) is 5.30.